The topological polar surface area (TPSA) is 26.3 Å². The van der Waals surface area contributed by atoms with Crippen molar-refractivity contribution in [3.63, 3.8) is 0 Å². The van der Waals surface area contributed by atoms with Gasteiger partial charge in [0.15, 0.2) is 0 Å². The minimum Gasteiger partial charge on any atom is -0.489 e. The van der Waals surface area contributed by atoms with E-state index in [2.05, 4.69) is 0 Å². The molecule has 2 aromatic rings. The van der Waals surface area contributed by atoms with Gasteiger partial charge in [0.2, 0.25) is 0 Å². The number of hydrogen-bond donors (Lipinski definition) is 0. The molecule has 2 rings (SSSR count). The van der Waals surface area contributed by atoms with Crippen molar-refractivity contribution in [1.82, 2.24) is 0 Å². The summed E-state index contributed by atoms with van der Waals surface area (Å²) in [6.45, 7) is 0.0387. The second-order valence-electron chi connectivity index (χ2n) is 3.76. The highest BCUT2D eigenvalue weighted by atomic mass is 19.1. The van der Waals surface area contributed by atoms with Crippen molar-refractivity contribution in [3.8, 4) is 5.75 Å². The van der Waals surface area contributed by atoms with Crippen LogP contribution in [-0.2, 0) is 6.61 Å². The monoisotopic (exact) mass is 248 g/mol. The van der Waals surface area contributed by atoms with Crippen molar-refractivity contribution in [2.24, 2.45) is 0 Å². The Hall–Kier alpha value is -2.23. The molecule has 2 aromatic carbocycles. The Labute approximate surface area is 103 Å². The standard InChI is InChI=1S/C14H10F2O2/c15-12-4-11(5-13(16)7-12)9-18-14-3-1-2-10(6-14)8-17/h1-8H,9H2. The molecule has 0 aromatic heterocycles. The number of ether oxygens (including phenoxy) is 1. The van der Waals surface area contributed by atoms with Gasteiger partial charge in [0.05, 0.1) is 0 Å². The Bertz CT molecular complexity index is 547. The van der Waals surface area contributed by atoms with Gasteiger partial charge in [-0.2, -0.15) is 0 Å². The van der Waals surface area contributed by atoms with Crippen LogP contribution in [-0.4, -0.2) is 6.29 Å². The Kier molecular flexibility index (Phi) is 3.67. The SMILES string of the molecule is O=Cc1cccc(OCc2cc(F)cc(F)c2)c1. The Morgan fingerprint density at radius 3 is 2.44 bits per heavy atom. The van der Waals surface area contributed by atoms with Gasteiger partial charge >= 0.3 is 0 Å². The number of aldehydes is 1. The van der Waals surface area contributed by atoms with E-state index in [4.69, 9.17) is 4.74 Å². The first-order valence-corrected chi connectivity index (χ1v) is 5.30. The van der Waals surface area contributed by atoms with Crippen molar-refractivity contribution >= 4 is 6.29 Å². The maximum Gasteiger partial charge on any atom is 0.150 e. The lowest BCUT2D eigenvalue weighted by Gasteiger charge is -2.07. The van der Waals surface area contributed by atoms with Crippen LogP contribution in [0.5, 0.6) is 5.75 Å². The van der Waals surface area contributed by atoms with Gasteiger partial charge < -0.3 is 4.74 Å². The van der Waals surface area contributed by atoms with Gasteiger partial charge in [0, 0.05) is 11.6 Å². The molecule has 0 heterocycles. The molecule has 2 nitrogen and oxygen atoms in total. The Morgan fingerprint density at radius 1 is 1.06 bits per heavy atom. The lowest BCUT2D eigenvalue weighted by atomic mass is 10.2. The molecule has 0 aliphatic carbocycles. The summed E-state index contributed by atoms with van der Waals surface area (Å²) < 4.78 is 31.2. The average molecular weight is 248 g/mol. The molecular formula is C14H10F2O2. The minimum absolute atomic E-state index is 0.0387. The fourth-order valence-corrected chi connectivity index (χ4v) is 1.54. The number of benzene rings is 2. The molecule has 0 aliphatic heterocycles. The second kappa shape index (κ2) is 5.40. The van der Waals surface area contributed by atoms with Gasteiger partial charge in [0.1, 0.15) is 30.3 Å². The van der Waals surface area contributed by atoms with Crippen LogP contribution in [0.25, 0.3) is 0 Å². The molecule has 0 spiro atoms. The van der Waals surface area contributed by atoms with E-state index in [0.29, 0.717) is 23.2 Å². The van der Waals surface area contributed by atoms with Crippen LogP contribution in [0.15, 0.2) is 42.5 Å². The Balaban J connectivity index is 2.08. The van der Waals surface area contributed by atoms with Gasteiger partial charge in [-0.3, -0.25) is 4.79 Å². The first kappa shape index (κ1) is 12.2. The van der Waals surface area contributed by atoms with Gasteiger partial charge in [-0.15, -0.1) is 0 Å². The van der Waals surface area contributed by atoms with Crippen LogP contribution in [0, 0.1) is 11.6 Å². The number of carbonyl (C=O) groups is 1. The first-order valence-electron chi connectivity index (χ1n) is 5.30. The third-order valence-electron chi connectivity index (χ3n) is 2.32. The molecule has 0 saturated carbocycles. The van der Waals surface area contributed by atoms with Crippen LogP contribution >= 0.6 is 0 Å². The molecule has 0 N–H and O–H groups in total. The zero-order valence-electron chi connectivity index (χ0n) is 9.40. The van der Waals surface area contributed by atoms with E-state index in [1.807, 2.05) is 0 Å². The van der Waals surface area contributed by atoms with E-state index in [1.165, 1.54) is 12.1 Å². The zero-order valence-corrected chi connectivity index (χ0v) is 9.40. The molecule has 92 valence electrons. The molecule has 0 radical (unpaired) electrons. The van der Waals surface area contributed by atoms with Gasteiger partial charge in [-0.05, 0) is 29.8 Å². The van der Waals surface area contributed by atoms with E-state index in [0.717, 1.165) is 6.07 Å². The van der Waals surface area contributed by atoms with Crippen LogP contribution in [0.1, 0.15) is 15.9 Å². The van der Waals surface area contributed by atoms with E-state index in [-0.39, 0.29) is 6.61 Å². The quantitative estimate of drug-likeness (QED) is 0.775. The van der Waals surface area contributed by atoms with Gasteiger partial charge in [-0.1, -0.05) is 12.1 Å². The lowest BCUT2D eigenvalue weighted by molar-refractivity contribution is 0.112. The molecule has 0 aliphatic rings. The predicted molar refractivity (Wildman–Crippen MR) is 62.5 cm³/mol. The molecular weight excluding hydrogens is 238 g/mol. The maximum absolute atomic E-state index is 12.9. The van der Waals surface area contributed by atoms with Crippen molar-refractivity contribution in [2.75, 3.05) is 0 Å². The third kappa shape index (κ3) is 3.13. The molecule has 4 heteroatoms. The number of halogens is 2. The van der Waals surface area contributed by atoms with E-state index >= 15 is 0 Å². The summed E-state index contributed by atoms with van der Waals surface area (Å²) in [5.41, 5.74) is 0.877. The van der Waals surface area contributed by atoms with E-state index in [9.17, 15) is 13.6 Å². The van der Waals surface area contributed by atoms with Crippen LogP contribution in [0.2, 0.25) is 0 Å². The fraction of sp³-hybridized carbons (Fsp3) is 0.0714. The van der Waals surface area contributed by atoms with Crippen molar-refractivity contribution < 1.29 is 18.3 Å². The number of carbonyl (C=O) groups excluding carboxylic acids is 1. The molecule has 18 heavy (non-hydrogen) atoms. The molecule has 0 unspecified atom stereocenters. The average Bonchev–Trinajstić information content (AvgIpc) is 2.35. The molecule has 0 atom stereocenters. The second-order valence-corrected chi connectivity index (χ2v) is 3.76. The molecule has 0 amide bonds. The Morgan fingerprint density at radius 2 is 1.78 bits per heavy atom. The van der Waals surface area contributed by atoms with E-state index in [1.54, 1.807) is 24.3 Å². The van der Waals surface area contributed by atoms with Gasteiger partial charge in [-0.25, -0.2) is 8.78 Å². The minimum atomic E-state index is -0.643. The van der Waals surface area contributed by atoms with Crippen LogP contribution < -0.4 is 4.74 Å². The van der Waals surface area contributed by atoms with E-state index < -0.39 is 11.6 Å². The highest BCUT2D eigenvalue weighted by Gasteiger charge is 2.02. The smallest absolute Gasteiger partial charge is 0.150 e. The van der Waals surface area contributed by atoms with Crippen LogP contribution in [0.4, 0.5) is 8.78 Å². The summed E-state index contributed by atoms with van der Waals surface area (Å²) in [7, 11) is 0. The first-order chi connectivity index (χ1) is 8.67. The summed E-state index contributed by atoms with van der Waals surface area (Å²) in [6, 6.07) is 9.74. The predicted octanol–water partition coefficient (Wildman–Crippen LogP) is 3.36. The third-order valence-corrected chi connectivity index (χ3v) is 2.32. The number of rotatable bonds is 4. The highest BCUT2D eigenvalue weighted by molar-refractivity contribution is 5.75. The van der Waals surface area contributed by atoms with Gasteiger partial charge in [0.25, 0.3) is 0 Å². The zero-order chi connectivity index (χ0) is 13.0. The normalized spacial score (nSPS) is 10.1. The molecule has 0 bridgehead atoms. The molecule has 0 saturated heterocycles. The lowest BCUT2D eigenvalue weighted by Crippen LogP contribution is -1.97. The van der Waals surface area contributed by atoms with Crippen molar-refractivity contribution in [1.29, 1.82) is 0 Å². The summed E-state index contributed by atoms with van der Waals surface area (Å²) >= 11 is 0. The highest BCUT2D eigenvalue weighted by Crippen LogP contribution is 2.15. The largest absolute Gasteiger partial charge is 0.489 e. The van der Waals surface area contributed by atoms with Crippen molar-refractivity contribution in [2.45, 2.75) is 6.61 Å². The summed E-state index contributed by atoms with van der Waals surface area (Å²) in [6.07, 6.45) is 0.703. The molecule has 0 fully saturated rings. The number of hydrogen-bond acceptors (Lipinski definition) is 2. The summed E-state index contributed by atoms with van der Waals surface area (Å²) in [4.78, 5) is 10.6. The fourth-order valence-electron chi connectivity index (χ4n) is 1.54. The maximum atomic E-state index is 12.9. The van der Waals surface area contributed by atoms with Crippen LogP contribution in [0.3, 0.4) is 0 Å². The summed E-state index contributed by atoms with van der Waals surface area (Å²) in [5.74, 6) is -0.810. The van der Waals surface area contributed by atoms with Crippen molar-refractivity contribution in [3.05, 3.63) is 65.2 Å². The summed E-state index contributed by atoms with van der Waals surface area (Å²) in [5, 5.41) is 0.